The standard InChI is InChI=1S/C14H23N3O3/c1-17(2)12(13-4-3-6-20-13)9-16-14(18)15-8-11-5-7-19-10-11/h3-4,6,11-12H,5,7-10H2,1-2H3,(H2,15,16,18)/t11-,12-/m0/s1. The Hall–Kier alpha value is -1.53. The number of nitrogens with one attached hydrogen (secondary N) is 2. The number of ether oxygens (including phenoxy) is 1. The molecule has 2 heterocycles. The second-order valence-electron chi connectivity index (χ2n) is 5.32. The van der Waals surface area contributed by atoms with Crippen molar-refractivity contribution in [3.05, 3.63) is 24.2 Å². The molecule has 2 atom stereocenters. The van der Waals surface area contributed by atoms with Crippen LogP contribution in [0.15, 0.2) is 22.8 Å². The van der Waals surface area contributed by atoms with Gasteiger partial charge in [0.2, 0.25) is 0 Å². The number of carbonyl (C=O) groups excluding carboxylic acids is 1. The molecule has 0 radical (unpaired) electrons. The number of likely N-dealkylation sites (N-methyl/N-ethyl adjacent to an activating group) is 1. The zero-order valence-electron chi connectivity index (χ0n) is 12.1. The first-order chi connectivity index (χ1) is 9.66. The molecule has 0 aromatic carbocycles. The molecule has 1 fully saturated rings. The van der Waals surface area contributed by atoms with Gasteiger partial charge in [-0.2, -0.15) is 0 Å². The highest BCUT2D eigenvalue weighted by atomic mass is 16.5. The fourth-order valence-electron chi connectivity index (χ4n) is 2.25. The first-order valence-electron chi connectivity index (χ1n) is 6.96. The fourth-order valence-corrected chi connectivity index (χ4v) is 2.25. The summed E-state index contributed by atoms with van der Waals surface area (Å²) in [5.74, 6) is 1.29. The van der Waals surface area contributed by atoms with E-state index in [1.54, 1.807) is 6.26 Å². The largest absolute Gasteiger partial charge is 0.468 e. The number of urea groups is 1. The average Bonchev–Trinajstić information content (AvgIpc) is 3.09. The minimum absolute atomic E-state index is 0.0329. The van der Waals surface area contributed by atoms with Gasteiger partial charge in [0.1, 0.15) is 5.76 Å². The average molecular weight is 281 g/mol. The van der Waals surface area contributed by atoms with Gasteiger partial charge in [0, 0.05) is 25.6 Å². The Morgan fingerprint density at radius 2 is 2.35 bits per heavy atom. The van der Waals surface area contributed by atoms with Gasteiger partial charge < -0.3 is 19.8 Å². The van der Waals surface area contributed by atoms with Crippen molar-refractivity contribution in [1.82, 2.24) is 15.5 Å². The minimum atomic E-state index is -0.143. The number of rotatable bonds is 6. The summed E-state index contributed by atoms with van der Waals surface area (Å²) in [7, 11) is 3.92. The summed E-state index contributed by atoms with van der Waals surface area (Å²) in [5, 5.41) is 5.77. The van der Waals surface area contributed by atoms with Crippen molar-refractivity contribution < 1.29 is 13.9 Å². The fraction of sp³-hybridized carbons (Fsp3) is 0.643. The van der Waals surface area contributed by atoms with Crippen LogP contribution in [0, 0.1) is 5.92 Å². The molecule has 112 valence electrons. The second-order valence-corrected chi connectivity index (χ2v) is 5.32. The lowest BCUT2D eigenvalue weighted by molar-refractivity contribution is 0.184. The Kier molecular flexibility index (Phi) is 5.43. The van der Waals surface area contributed by atoms with Crippen molar-refractivity contribution in [3.63, 3.8) is 0 Å². The Labute approximate surface area is 119 Å². The van der Waals surface area contributed by atoms with E-state index >= 15 is 0 Å². The lowest BCUT2D eigenvalue weighted by Gasteiger charge is -2.22. The van der Waals surface area contributed by atoms with Crippen LogP contribution in [0.4, 0.5) is 4.79 Å². The Bertz CT molecular complexity index is 400. The Morgan fingerprint density at radius 3 is 2.95 bits per heavy atom. The van der Waals surface area contributed by atoms with E-state index in [2.05, 4.69) is 10.6 Å². The number of hydrogen-bond donors (Lipinski definition) is 2. The number of nitrogens with zero attached hydrogens (tertiary/aromatic N) is 1. The molecule has 2 amide bonds. The van der Waals surface area contributed by atoms with Crippen LogP contribution >= 0.6 is 0 Å². The predicted molar refractivity (Wildman–Crippen MR) is 75.5 cm³/mol. The molecule has 0 spiro atoms. The van der Waals surface area contributed by atoms with Gasteiger partial charge in [-0.15, -0.1) is 0 Å². The maximum Gasteiger partial charge on any atom is 0.314 e. The molecule has 0 saturated carbocycles. The van der Waals surface area contributed by atoms with Gasteiger partial charge in [0.15, 0.2) is 0 Å². The molecule has 20 heavy (non-hydrogen) atoms. The minimum Gasteiger partial charge on any atom is -0.468 e. The molecule has 1 aromatic rings. The van der Waals surface area contributed by atoms with Crippen molar-refractivity contribution in [2.24, 2.45) is 5.92 Å². The van der Waals surface area contributed by atoms with E-state index < -0.39 is 0 Å². The van der Waals surface area contributed by atoms with Gasteiger partial charge >= 0.3 is 6.03 Å². The molecule has 1 saturated heterocycles. The number of hydrogen-bond acceptors (Lipinski definition) is 4. The maximum absolute atomic E-state index is 11.8. The molecule has 0 unspecified atom stereocenters. The lowest BCUT2D eigenvalue weighted by atomic mass is 10.1. The molecule has 1 aliphatic heterocycles. The molecular formula is C14H23N3O3. The van der Waals surface area contributed by atoms with Crippen LogP contribution in [0.2, 0.25) is 0 Å². The van der Waals surface area contributed by atoms with Crippen molar-refractivity contribution in [3.8, 4) is 0 Å². The highest BCUT2D eigenvalue weighted by Crippen LogP contribution is 2.17. The Morgan fingerprint density at radius 1 is 1.50 bits per heavy atom. The van der Waals surface area contributed by atoms with Gasteiger partial charge in [-0.3, -0.25) is 4.90 Å². The van der Waals surface area contributed by atoms with E-state index in [1.165, 1.54) is 0 Å². The molecule has 1 aromatic heterocycles. The second kappa shape index (κ2) is 7.31. The highest BCUT2D eigenvalue weighted by molar-refractivity contribution is 5.73. The highest BCUT2D eigenvalue weighted by Gasteiger charge is 2.19. The summed E-state index contributed by atoms with van der Waals surface area (Å²) in [6, 6.07) is 3.66. The van der Waals surface area contributed by atoms with Gasteiger partial charge in [0.25, 0.3) is 0 Å². The quantitative estimate of drug-likeness (QED) is 0.823. The summed E-state index contributed by atoms with van der Waals surface area (Å²) in [4.78, 5) is 13.8. The van der Waals surface area contributed by atoms with Crippen LogP contribution in [0.3, 0.4) is 0 Å². The zero-order chi connectivity index (χ0) is 14.4. The van der Waals surface area contributed by atoms with Crippen LogP contribution < -0.4 is 10.6 Å². The molecule has 0 bridgehead atoms. The summed E-state index contributed by atoms with van der Waals surface area (Å²) >= 11 is 0. The first-order valence-corrected chi connectivity index (χ1v) is 6.96. The molecule has 0 aliphatic carbocycles. The van der Waals surface area contributed by atoms with Crippen LogP contribution in [0.1, 0.15) is 18.2 Å². The third kappa shape index (κ3) is 4.25. The zero-order valence-corrected chi connectivity index (χ0v) is 12.1. The Balaban J connectivity index is 1.73. The van der Waals surface area contributed by atoms with E-state index in [-0.39, 0.29) is 12.1 Å². The van der Waals surface area contributed by atoms with Crippen molar-refractivity contribution in [2.75, 3.05) is 40.4 Å². The topological polar surface area (TPSA) is 66.7 Å². The summed E-state index contributed by atoms with van der Waals surface area (Å²) < 4.78 is 10.7. The van der Waals surface area contributed by atoms with Gasteiger partial charge in [-0.1, -0.05) is 0 Å². The van der Waals surface area contributed by atoms with Crippen LogP contribution in [0.25, 0.3) is 0 Å². The van der Waals surface area contributed by atoms with E-state index in [0.717, 1.165) is 25.4 Å². The van der Waals surface area contributed by atoms with Gasteiger partial charge in [-0.05, 0) is 32.6 Å². The van der Waals surface area contributed by atoms with Crippen LogP contribution in [0.5, 0.6) is 0 Å². The maximum atomic E-state index is 11.8. The normalized spacial score (nSPS) is 20.1. The summed E-state index contributed by atoms with van der Waals surface area (Å²) in [6.45, 7) is 2.72. The van der Waals surface area contributed by atoms with E-state index in [0.29, 0.717) is 19.0 Å². The number of furan rings is 1. The smallest absolute Gasteiger partial charge is 0.314 e. The van der Waals surface area contributed by atoms with Crippen LogP contribution in [-0.2, 0) is 4.74 Å². The van der Waals surface area contributed by atoms with Crippen LogP contribution in [-0.4, -0.2) is 51.3 Å². The number of carbonyl (C=O) groups is 1. The monoisotopic (exact) mass is 281 g/mol. The van der Waals surface area contributed by atoms with E-state index in [4.69, 9.17) is 9.15 Å². The summed E-state index contributed by atoms with van der Waals surface area (Å²) in [5.41, 5.74) is 0. The third-order valence-corrected chi connectivity index (χ3v) is 3.53. The summed E-state index contributed by atoms with van der Waals surface area (Å²) in [6.07, 6.45) is 2.67. The third-order valence-electron chi connectivity index (χ3n) is 3.53. The molecule has 6 heteroatoms. The predicted octanol–water partition coefficient (Wildman–Crippen LogP) is 1.22. The van der Waals surface area contributed by atoms with Crippen molar-refractivity contribution >= 4 is 6.03 Å². The van der Waals surface area contributed by atoms with E-state index in [1.807, 2.05) is 31.1 Å². The van der Waals surface area contributed by atoms with E-state index in [9.17, 15) is 4.79 Å². The van der Waals surface area contributed by atoms with Crippen molar-refractivity contribution in [2.45, 2.75) is 12.5 Å². The van der Waals surface area contributed by atoms with Gasteiger partial charge in [-0.25, -0.2) is 4.79 Å². The lowest BCUT2D eigenvalue weighted by Crippen LogP contribution is -2.42. The molecule has 2 rings (SSSR count). The molecule has 6 nitrogen and oxygen atoms in total. The van der Waals surface area contributed by atoms with Crippen molar-refractivity contribution in [1.29, 1.82) is 0 Å². The number of amides is 2. The SMILES string of the molecule is CN(C)[C@@H](CNC(=O)NC[C@@H]1CCOC1)c1ccco1. The molecule has 2 N–H and O–H groups in total. The molecule has 1 aliphatic rings. The molecular weight excluding hydrogens is 258 g/mol. The first kappa shape index (κ1) is 14.9. The van der Waals surface area contributed by atoms with Gasteiger partial charge in [0.05, 0.1) is 18.9 Å².